The lowest BCUT2D eigenvalue weighted by Gasteiger charge is -2.41. The van der Waals surface area contributed by atoms with Gasteiger partial charge in [0.25, 0.3) is 0 Å². The minimum Gasteiger partial charge on any atom is -0.480 e. The van der Waals surface area contributed by atoms with Crippen molar-refractivity contribution in [2.24, 2.45) is 0 Å². The van der Waals surface area contributed by atoms with Crippen LogP contribution in [0.15, 0.2) is 12.4 Å². The molecule has 0 bridgehead atoms. The number of nitrogens with zero attached hydrogens (tertiary/aromatic N) is 2. The maximum atomic E-state index is 12.2. The Morgan fingerprint density at radius 2 is 2.35 bits per heavy atom. The number of carbonyl (C=O) groups excluding carboxylic acids is 1. The zero-order chi connectivity index (χ0) is 14.6. The van der Waals surface area contributed by atoms with Gasteiger partial charge in [0, 0.05) is 31.9 Å². The van der Waals surface area contributed by atoms with Crippen molar-refractivity contribution < 1.29 is 14.7 Å². The van der Waals surface area contributed by atoms with Crippen LogP contribution in [-0.4, -0.2) is 50.6 Å². The fraction of sp³-hybridized carbons (Fsp3) is 0.615. The van der Waals surface area contributed by atoms with Gasteiger partial charge in [-0.2, -0.15) is 0 Å². The lowest BCUT2D eigenvalue weighted by molar-refractivity contribution is -0.150. The molecule has 2 rings (SSSR count). The maximum Gasteiger partial charge on any atom is 0.329 e. The third-order valence-electron chi connectivity index (χ3n) is 3.79. The molecule has 3 N–H and O–H groups in total. The minimum atomic E-state index is -1.10. The molecule has 2 heterocycles. The summed E-state index contributed by atoms with van der Waals surface area (Å²) in [5.41, 5.74) is -1.10. The summed E-state index contributed by atoms with van der Waals surface area (Å²) in [4.78, 5) is 32.0. The molecule has 0 spiro atoms. The van der Waals surface area contributed by atoms with Gasteiger partial charge in [-0.3, -0.25) is 0 Å². The van der Waals surface area contributed by atoms with Gasteiger partial charge < -0.3 is 20.3 Å². The number of urea groups is 1. The van der Waals surface area contributed by atoms with Gasteiger partial charge in [-0.15, -0.1) is 0 Å². The Kier molecular flexibility index (Phi) is 4.26. The van der Waals surface area contributed by atoms with Crippen molar-refractivity contribution in [3.8, 4) is 0 Å². The summed E-state index contributed by atoms with van der Waals surface area (Å²) in [6, 6.07) is -0.318. The van der Waals surface area contributed by atoms with E-state index in [0.29, 0.717) is 25.9 Å². The predicted octanol–water partition coefficient (Wildman–Crippen LogP) is 0.991. The lowest BCUT2D eigenvalue weighted by atomic mass is 9.89. The van der Waals surface area contributed by atoms with E-state index in [2.05, 4.69) is 15.3 Å². The van der Waals surface area contributed by atoms with E-state index in [-0.39, 0.29) is 6.03 Å². The van der Waals surface area contributed by atoms with Crippen LogP contribution in [0.1, 0.15) is 32.0 Å². The molecule has 0 aromatic carbocycles. The molecule has 1 saturated heterocycles. The summed E-state index contributed by atoms with van der Waals surface area (Å²) in [6.07, 6.45) is 6.14. The van der Waals surface area contributed by atoms with Crippen LogP contribution in [0.2, 0.25) is 0 Å². The first-order valence-corrected chi connectivity index (χ1v) is 6.81. The Bertz CT molecular complexity index is 474. The van der Waals surface area contributed by atoms with Crippen LogP contribution in [0.3, 0.4) is 0 Å². The van der Waals surface area contributed by atoms with Gasteiger partial charge in [-0.05, 0) is 26.2 Å². The third kappa shape index (κ3) is 2.92. The highest BCUT2D eigenvalue weighted by atomic mass is 16.4. The normalized spacial score (nSPS) is 22.6. The molecule has 1 aromatic rings. The largest absolute Gasteiger partial charge is 0.480 e. The number of hydrogen-bond donors (Lipinski definition) is 3. The van der Waals surface area contributed by atoms with Gasteiger partial charge in [0.1, 0.15) is 11.4 Å². The molecular weight excluding hydrogens is 260 g/mol. The van der Waals surface area contributed by atoms with Crippen LogP contribution in [0, 0.1) is 0 Å². The van der Waals surface area contributed by atoms with Gasteiger partial charge in [0.05, 0.1) is 0 Å². The molecule has 1 fully saturated rings. The van der Waals surface area contributed by atoms with Crippen molar-refractivity contribution in [3.05, 3.63) is 18.2 Å². The Hall–Kier alpha value is -2.05. The highest BCUT2D eigenvalue weighted by Gasteiger charge is 2.43. The smallest absolute Gasteiger partial charge is 0.329 e. The van der Waals surface area contributed by atoms with E-state index in [1.165, 1.54) is 4.90 Å². The summed E-state index contributed by atoms with van der Waals surface area (Å²) < 4.78 is 0. The van der Waals surface area contributed by atoms with Crippen molar-refractivity contribution in [2.75, 3.05) is 13.1 Å². The number of likely N-dealkylation sites (tertiary alicyclic amines) is 1. The Labute approximate surface area is 117 Å². The number of imidazole rings is 1. The van der Waals surface area contributed by atoms with Crippen LogP contribution in [0.4, 0.5) is 4.79 Å². The highest BCUT2D eigenvalue weighted by Crippen LogP contribution is 2.28. The molecular formula is C13H20N4O3. The second-order valence-corrected chi connectivity index (χ2v) is 5.21. The number of hydrogen-bond acceptors (Lipinski definition) is 3. The van der Waals surface area contributed by atoms with Crippen LogP contribution < -0.4 is 5.32 Å². The van der Waals surface area contributed by atoms with E-state index < -0.39 is 11.5 Å². The Balaban J connectivity index is 1.91. The molecule has 1 unspecified atom stereocenters. The van der Waals surface area contributed by atoms with E-state index in [0.717, 1.165) is 18.7 Å². The van der Waals surface area contributed by atoms with Gasteiger partial charge >= 0.3 is 12.0 Å². The van der Waals surface area contributed by atoms with Crippen molar-refractivity contribution in [1.82, 2.24) is 20.2 Å². The SMILES string of the molecule is CC1(C(=O)O)CCCCN1C(=O)NCCc1ncc[nH]1. The molecule has 7 heteroatoms. The first-order valence-electron chi connectivity index (χ1n) is 6.81. The third-order valence-corrected chi connectivity index (χ3v) is 3.79. The monoisotopic (exact) mass is 280 g/mol. The molecule has 20 heavy (non-hydrogen) atoms. The average Bonchev–Trinajstić information content (AvgIpc) is 2.92. The van der Waals surface area contributed by atoms with Crippen LogP contribution in [0.5, 0.6) is 0 Å². The zero-order valence-electron chi connectivity index (χ0n) is 11.6. The molecule has 1 aliphatic rings. The van der Waals surface area contributed by atoms with Crippen molar-refractivity contribution in [3.63, 3.8) is 0 Å². The average molecular weight is 280 g/mol. The fourth-order valence-corrected chi connectivity index (χ4v) is 2.49. The number of aromatic amines is 1. The van der Waals surface area contributed by atoms with E-state index in [4.69, 9.17) is 0 Å². The second-order valence-electron chi connectivity index (χ2n) is 5.21. The standard InChI is InChI=1S/C13H20N4O3/c1-13(11(18)19)5-2-3-9-17(13)12(20)16-6-4-10-14-7-8-15-10/h7-8H,2-6,9H2,1H3,(H,14,15)(H,16,20)(H,18,19). The number of aromatic nitrogens is 2. The number of H-pyrrole nitrogens is 1. The van der Waals surface area contributed by atoms with Crippen molar-refractivity contribution in [1.29, 1.82) is 0 Å². The molecule has 0 aliphatic carbocycles. The summed E-state index contributed by atoms with van der Waals surface area (Å²) in [6.45, 7) is 2.52. The topological polar surface area (TPSA) is 98.3 Å². The zero-order valence-corrected chi connectivity index (χ0v) is 11.6. The Morgan fingerprint density at radius 1 is 1.55 bits per heavy atom. The number of rotatable bonds is 4. The van der Waals surface area contributed by atoms with Crippen LogP contribution in [0.25, 0.3) is 0 Å². The highest BCUT2D eigenvalue weighted by molar-refractivity contribution is 5.86. The number of aliphatic carboxylic acids is 1. The van der Waals surface area contributed by atoms with E-state index in [1.54, 1.807) is 19.3 Å². The minimum absolute atomic E-state index is 0.318. The second kappa shape index (κ2) is 5.94. The summed E-state index contributed by atoms with van der Waals surface area (Å²) in [7, 11) is 0. The van der Waals surface area contributed by atoms with Crippen molar-refractivity contribution >= 4 is 12.0 Å². The molecule has 1 aromatic heterocycles. The lowest BCUT2D eigenvalue weighted by Crippen LogP contribution is -2.60. The van der Waals surface area contributed by atoms with Gasteiger partial charge in [-0.25, -0.2) is 14.6 Å². The van der Waals surface area contributed by atoms with Gasteiger partial charge in [0.15, 0.2) is 0 Å². The number of carboxylic acid groups (broad SMARTS) is 1. The fourth-order valence-electron chi connectivity index (χ4n) is 2.49. The van der Waals surface area contributed by atoms with Crippen LogP contribution >= 0.6 is 0 Å². The molecule has 2 amide bonds. The molecule has 110 valence electrons. The summed E-state index contributed by atoms with van der Waals surface area (Å²) in [5.74, 6) is -0.150. The quantitative estimate of drug-likeness (QED) is 0.766. The molecule has 7 nitrogen and oxygen atoms in total. The first-order chi connectivity index (χ1) is 9.54. The summed E-state index contributed by atoms with van der Waals surface area (Å²) >= 11 is 0. The Morgan fingerprint density at radius 3 is 3.00 bits per heavy atom. The molecule has 0 radical (unpaired) electrons. The van der Waals surface area contributed by atoms with E-state index >= 15 is 0 Å². The van der Waals surface area contributed by atoms with Crippen LogP contribution in [-0.2, 0) is 11.2 Å². The number of carboxylic acids is 1. The van der Waals surface area contributed by atoms with Gasteiger partial charge in [-0.1, -0.05) is 0 Å². The van der Waals surface area contributed by atoms with Gasteiger partial charge in [0.2, 0.25) is 0 Å². The maximum absolute atomic E-state index is 12.2. The molecule has 0 saturated carbocycles. The van der Waals surface area contributed by atoms with E-state index in [1.807, 2.05) is 0 Å². The number of amides is 2. The number of nitrogens with one attached hydrogen (secondary N) is 2. The molecule has 1 atom stereocenters. The summed E-state index contributed by atoms with van der Waals surface area (Å²) in [5, 5.41) is 12.1. The van der Waals surface area contributed by atoms with E-state index in [9.17, 15) is 14.7 Å². The number of piperidine rings is 1. The number of carbonyl (C=O) groups is 2. The molecule has 1 aliphatic heterocycles. The first kappa shape index (κ1) is 14.4. The van der Waals surface area contributed by atoms with Crippen molar-refractivity contribution in [2.45, 2.75) is 38.1 Å². The predicted molar refractivity (Wildman–Crippen MR) is 72.3 cm³/mol.